The molecular formula is C10H13F3N2O2S. The number of hydrogen-bond acceptors (Lipinski definition) is 3. The summed E-state index contributed by atoms with van der Waals surface area (Å²) >= 11 is 0. The lowest BCUT2D eigenvalue weighted by Gasteiger charge is -2.06. The van der Waals surface area contributed by atoms with Crippen molar-refractivity contribution in [3.63, 3.8) is 0 Å². The first-order valence-electron chi connectivity index (χ1n) is 5.11. The minimum absolute atomic E-state index is 0.0490. The second-order valence-corrected chi connectivity index (χ2v) is 5.62. The van der Waals surface area contributed by atoms with Crippen molar-refractivity contribution in [1.82, 2.24) is 10.0 Å². The van der Waals surface area contributed by atoms with Gasteiger partial charge in [0.1, 0.15) is 0 Å². The molecular weight excluding hydrogens is 269 g/mol. The fourth-order valence-electron chi connectivity index (χ4n) is 1.25. The van der Waals surface area contributed by atoms with E-state index >= 15 is 0 Å². The summed E-state index contributed by atoms with van der Waals surface area (Å²) in [7, 11) is -2.03. The highest BCUT2D eigenvalue weighted by molar-refractivity contribution is 7.89. The molecule has 0 aliphatic rings. The number of halogens is 3. The van der Waals surface area contributed by atoms with E-state index in [-0.39, 0.29) is 24.4 Å². The molecule has 0 spiro atoms. The number of benzene rings is 1. The molecule has 0 fully saturated rings. The molecule has 0 atom stereocenters. The lowest BCUT2D eigenvalue weighted by atomic mass is 10.2. The Morgan fingerprint density at radius 3 is 2.22 bits per heavy atom. The zero-order valence-electron chi connectivity index (χ0n) is 9.63. The maximum atomic E-state index is 12.8. The van der Waals surface area contributed by atoms with Crippen LogP contribution in [0, 0.1) is 17.5 Å². The first kappa shape index (κ1) is 14.9. The third-order valence-corrected chi connectivity index (χ3v) is 3.59. The van der Waals surface area contributed by atoms with Crippen LogP contribution >= 0.6 is 0 Å². The lowest BCUT2D eigenvalue weighted by molar-refractivity contribution is 0.444. The lowest BCUT2D eigenvalue weighted by Crippen LogP contribution is -2.29. The van der Waals surface area contributed by atoms with Gasteiger partial charge in [-0.1, -0.05) is 0 Å². The summed E-state index contributed by atoms with van der Waals surface area (Å²) in [5.41, 5.74) is 0.202. The molecule has 1 aromatic carbocycles. The molecule has 0 aliphatic heterocycles. The highest BCUT2D eigenvalue weighted by Gasteiger charge is 2.10. The molecule has 0 aromatic heterocycles. The van der Waals surface area contributed by atoms with Crippen LogP contribution in [0.1, 0.15) is 5.56 Å². The third kappa shape index (κ3) is 4.28. The van der Waals surface area contributed by atoms with Gasteiger partial charge in [0.15, 0.2) is 17.5 Å². The third-order valence-electron chi connectivity index (χ3n) is 2.23. The van der Waals surface area contributed by atoms with Crippen molar-refractivity contribution in [3.05, 3.63) is 35.1 Å². The molecule has 8 heteroatoms. The molecule has 0 aliphatic carbocycles. The molecule has 4 nitrogen and oxygen atoms in total. The van der Waals surface area contributed by atoms with Crippen LogP contribution in [-0.2, 0) is 16.6 Å². The SMILES string of the molecule is CNS(=O)(=O)CCNCc1cc(F)c(F)c(F)c1. The van der Waals surface area contributed by atoms with E-state index in [1.54, 1.807) is 0 Å². The van der Waals surface area contributed by atoms with Crippen molar-refractivity contribution in [1.29, 1.82) is 0 Å². The van der Waals surface area contributed by atoms with Crippen LogP contribution in [-0.4, -0.2) is 27.8 Å². The van der Waals surface area contributed by atoms with E-state index in [4.69, 9.17) is 0 Å². The van der Waals surface area contributed by atoms with Gasteiger partial charge >= 0.3 is 0 Å². The van der Waals surface area contributed by atoms with E-state index < -0.39 is 27.5 Å². The van der Waals surface area contributed by atoms with Crippen LogP contribution < -0.4 is 10.0 Å². The normalized spacial score (nSPS) is 11.8. The van der Waals surface area contributed by atoms with Crippen molar-refractivity contribution in [3.8, 4) is 0 Å². The van der Waals surface area contributed by atoms with Crippen LogP contribution in [0.4, 0.5) is 13.2 Å². The Labute approximate surface area is 103 Å². The molecule has 18 heavy (non-hydrogen) atoms. The topological polar surface area (TPSA) is 58.2 Å². The van der Waals surface area contributed by atoms with Crippen LogP contribution in [0.25, 0.3) is 0 Å². The highest BCUT2D eigenvalue weighted by Crippen LogP contribution is 2.13. The predicted octanol–water partition coefficient (Wildman–Crippen LogP) is 0.743. The Morgan fingerprint density at radius 2 is 1.72 bits per heavy atom. The molecule has 0 saturated heterocycles. The summed E-state index contributed by atoms with van der Waals surface area (Å²) in [6.45, 7) is 0.164. The van der Waals surface area contributed by atoms with E-state index in [1.165, 1.54) is 7.05 Å². The number of nitrogens with one attached hydrogen (secondary N) is 2. The van der Waals surface area contributed by atoms with E-state index in [0.717, 1.165) is 12.1 Å². The fraction of sp³-hybridized carbons (Fsp3) is 0.400. The molecule has 1 aromatic rings. The van der Waals surface area contributed by atoms with Gasteiger partial charge in [-0.05, 0) is 24.7 Å². The molecule has 102 valence electrons. The van der Waals surface area contributed by atoms with Gasteiger partial charge in [0.2, 0.25) is 10.0 Å². The predicted molar refractivity (Wildman–Crippen MR) is 60.9 cm³/mol. The summed E-state index contributed by atoms with van der Waals surface area (Å²) in [6, 6.07) is 1.72. The van der Waals surface area contributed by atoms with Gasteiger partial charge in [-0.25, -0.2) is 26.3 Å². The number of rotatable bonds is 6. The molecule has 0 unspecified atom stereocenters. The Kier molecular flexibility index (Phi) is 5.12. The van der Waals surface area contributed by atoms with E-state index in [1.807, 2.05) is 0 Å². The van der Waals surface area contributed by atoms with Gasteiger partial charge < -0.3 is 5.32 Å². The van der Waals surface area contributed by atoms with Crippen molar-refractivity contribution >= 4 is 10.0 Å². The highest BCUT2D eigenvalue weighted by atomic mass is 32.2. The summed E-state index contributed by atoms with van der Waals surface area (Å²) in [5.74, 6) is -4.21. The average molecular weight is 282 g/mol. The smallest absolute Gasteiger partial charge is 0.212 e. The standard InChI is InChI=1S/C10H13F3N2O2S/c1-14-18(16,17)3-2-15-6-7-4-8(11)10(13)9(12)5-7/h4-5,14-15H,2-3,6H2,1H3. The fourth-order valence-corrected chi connectivity index (χ4v) is 1.87. The van der Waals surface area contributed by atoms with Gasteiger partial charge in [-0.2, -0.15) is 0 Å². The number of sulfonamides is 1. The van der Waals surface area contributed by atoms with Crippen molar-refractivity contribution in [2.75, 3.05) is 19.3 Å². The monoisotopic (exact) mass is 282 g/mol. The van der Waals surface area contributed by atoms with Gasteiger partial charge in [0.05, 0.1) is 5.75 Å². The molecule has 2 N–H and O–H groups in total. The molecule has 0 amide bonds. The Morgan fingerprint density at radius 1 is 1.17 bits per heavy atom. The first-order valence-corrected chi connectivity index (χ1v) is 6.76. The molecule has 1 rings (SSSR count). The van der Waals surface area contributed by atoms with Crippen molar-refractivity contribution in [2.24, 2.45) is 0 Å². The maximum absolute atomic E-state index is 12.8. The Balaban J connectivity index is 2.50. The summed E-state index contributed by atoms with van der Waals surface area (Å²) < 4.78 is 62.5. The quantitative estimate of drug-likeness (QED) is 0.598. The Bertz CT molecular complexity index is 497. The minimum Gasteiger partial charge on any atom is -0.312 e. The zero-order chi connectivity index (χ0) is 13.8. The molecule has 0 bridgehead atoms. The van der Waals surface area contributed by atoms with Crippen LogP contribution in [0.15, 0.2) is 12.1 Å². The van der Waals surface area contributed by atoms with Gasteiger partial charge in [0.25, 0.3) is 0 Å². The molecule has 0 saturated carbocycles. The minimum atomic E-state index is -3.32. The van der Waals surface area contributed by atoms with Crippen LogP contribution in [0.5, 0.6) is 0 Å². The van der Waals surface area contributed by atoms with E-state index in [2.05, 4.69) is 10.0 Å². The van der Waals surface area contributed by atoms with Gasteiger partial charge in [-0.3, -0.25) is 0 Å². The van der Waals surface area contributed by atoms with E-state index in [9.17, 15) is 21.6 Å². The van der Waals surface area contributed by atoms with E-state index in [0.29, 0.717) is 0 Å². The second kappa shape index (κ2) is 6.17. The maximum Gasteiger partial charge on any atom is 0.212 e. The molecule has 0 heterocycles. The van der Waals surface area contributed by atoms with Crippen molar-refractivity contribution in [2.45, 2.75) is 6.54 Å². The van der Waals surface area contributed by atoms with Crippen LogP contribution in [0.3, 0.4) is 0 Å². The average Bonchev–Trinajstić information content (AvgIpc) is 2.31. The van der Waals surface area contributed by atoms with Gasteiger partial charge in [0, 0.05) is 13.1 Å². The first-order chi connectivity index (χ1) is 8.35. The van der Waals surface area contributed by atoms with Crippen molar-refractivity contribution < 1.29 is 21.6 Å². The van der Waals surface area contributed by atoms with Crippen LogP contribution in [0.2, 0.25) is 0 Å². The number of hydrogen-bond donors (Lipinski definition) is 2. The van der Waals surface area contributed by atoms with Gasteiger partial charge in [-0.15, -0.1) is 0 Å². The summed E-state index contributed by atoms with van der Waals surface area (Å²) in [6.07, 6.45) is 0. The summed E-state index contributed by atoms with van der Waals surface area (Å²) in [4.78, 5) is 0. The molecule has 0 radical (unpaired) electrons. The summed E-state index contributed by atoms with van der Waals surface area (Å²) in [5, 5.41) is 2.69. The largest absolute Gasteiger partial charge is 0.312 e. The second-order valence-electron chi connectivity index (χ2n) is 3.57. The Hall–Kier alpha value is -1.12. The zero-order valence-corrected chi connectivity index (χ0v) is 10.5.